The van der Waals surface area contributed by atoms with Crippen molar-refractivity contribution in [2.45, 2.75) is 50.6 Å². The highest BCUT2D eigenvalue weighted by Gasteiger charge is 2.41. The number of primary amides is 1. The summed E-state index contributed by atoms with van der Waals surface area (Å²) in [5.41, 5.74) is 7.00. The number of rotatable bonds is 13. The third kappa shape index (κ3) is 9.01. The van der Waals surface area contributed by atoms with Gasteiger partial charge in [-0.3, -0.25) is 19.2 Å². The summed E-state index contributed by atoms with van der Waals surface area (Å²) in [6.07, 6.45) is 3.30. The van der Waals surface area contributed by atoms with E-state index < -0.39 is 17.9 Å². The predicted octanol–water partition coefficient (Wildman–Crippen LogP) is 4.31. The van der Waals surface area contributed by atoms with E-state index in [1.54, 1.807) is 41.3 Å². The molecule has 2 aliphatic rings. The third-order valence-corrected chi connectivity index (χ3v) is 9.57. The molecule has 0 radical (unpaired) electrons. The largest absolute Gasteiger partial charge is 0.368 e. The lowest BCUT2D eigenvalue weighted by Gasteiger charge is -2.41. The van der Waals surface area contributed by atoms with Gasteiger partial charge in [-0.25, -0.2) is 0 Å². The molecule has 2 atom stereocenters. The average molecular weight is 685 g/mol. The van der Waals surface area contributed by atoms with E-state index in [0.29, 0.717) is 45.5 Å². The fourth-order valence-corrected chi connectivity index (χ4v) is 6.89. The van der Waals surface area contributed by atoms with Crippen LogP contribution in [0, 0.1) is 0 Å². The molecule has 2 N–H and O–H groups in total. The highest BCUT2D eigenvalue weighted by Crippen LogP contribution is 2.26. The molecule has 44 heavy (non-hydrogen) atoms. The quantitative estimate of drug-likeness (QED) is 0.339. The highest BCUT2D eigenvalue weighted by atomic mass is 35.5. The summed E-state index contributed by atoms with van der Waals surface area (Å²) in [7, 11) is 2.07. The molecule has 2 saturated heterocycles. The first-order chi connectivity index (χ1) is 20.9. The Balaban J connectivity index is 1.52. The molecule has 4 rings (SSSR count). The summed E-state index contributed by atoms with van der Waals surface area (Å²) in [4.78, 5) is 59.7. The van der Waals surface area contributed by atoms with Gasteiger partial charge in [0.05, 0.1) is 19.5 Å². The van der Waals surface area contributed by atoms with Gasteiger partial charge in [0.25, 0.3) is 0 Å². The van der Waals surface area contributed by atoms with Gasteiger partial charge in [0.2, 0.25) is 23.6 Å². The standard InChI is InChI=1S/C31H37Cl4N5O4/c1-37-11-2-3-24(37)10-13-39-19-30(43)40(14-9-21-5-7-23(33)16-26(21)35)27(31(39)44)17-29(42)38(18-28(36)41)12-8-20-4-6-22(32)15-25(20)34/h4-7,15-16,24,27H,2-3,8-14,17-19H2,1H3,(H2,36,41). The van der Waals surface area contributed by atoms with Crippen molar-refractivity contribution in [2.75, 3.05) is 46.3 Å². The molecule has 0 spiro atoms. The molecule has 0 saturated carbocycles. The molecule has 2 aromatic rings. The zero-order chi connectivity index (χ0) is 32.0. The topological polar surface area (TPSA) is 107 Å². The van der Waals surface area contributed by atoms with E-state index in [-0.39, 0.29) is 44.4 Å². The van der Waals surface area contributed by atoms with E-state index in [2.05, 4.69) is 11.9 Å². The van der Waals surface area contributed by atoms with Crippen molar-refractivity contribution in [3.63, 3.8) is 0 Å². The predicted molar refractivity (Wildman–Crippen MR) is 173 cm³/mol. The lowest BCUT2D eigenvalue weighted by atomic mass is 10.0. The van der Waals surface area contributed by atoms with Crippen molar-refractivity contribution in [1.82, 2.24) is 19.6 Å². The van der Waals surface area contributed by atoms with Crippen LogP contribution in [0.3, 0.4) is 0 Å². The molecule has 0 bridgehead atoms. The molecule has 9 nitrogen and oxygen atoms in total. The zero-order valence-electron chi connectivity index (χ0n) is 24.6. The van der Waals surface area contributed by atoms with Crippen molar-refractivity contribution in [3.8, 4) is 0 Å². The summed E-state index contributed by atoms with van der Waals surface area (Å²) >= 11 is 24.8. The number of halogens is 4. The minimum Gasteiger partial charge on any atom is -0.368 e. The Bertz CT molecular complexity index is 1390. The van der Waals surface area contributed by atoms with Crippen molar-refractivity contribution < 1.29 is 19.2 Å². The monoisotopic (exact) mass is 683 g/mol. The molecule has 2 fully saturated rings. The minimum atomic E-state index is -1.04. The van der Waals surface area contributed by atoms with Crippen LogP contribution in [0.4, 0.5) is 0 Å². The zero-order valence-corrected chi connectivity index (χ0v) is 27.6. The van der Waals surface area contributed by atoms with E-state index in [1.807, 2.05) is 0 Å². The number of carbonyl (C=O) groups is 4. The van der Waals surface area contributed by atoms with E-state index in [9.17, 15) is 19.2 Å². The van der Waals surface area contributed by atoms with Crippen LogP contribution < -0.4 is 5.73 Å². The number of likely N-dealkylation sites (tertiary alicyclic amines) is 1. The second-order valence-electron chi connectivity index (χ2n) is 11.4. The van der Waals surface area contributed by atoms with Crippen LogP contribution in [0.25, 0.3) is 0 Å². The molecule has 238 valence electrons. The molecule has 2 unspecified atom stereocenters. The first-order valence-electron chi connectivity index (χ1n) is 14.7. The van der Waals surface area contributed by atoms with Crippen molar-refractivity contribution >= 4 is 70.0 Å². The SMILES string of the molecule is CN1CCCC1CCN1CC(=O)N(CCc2ccc(Cl)cc2Cl)C(CC(=O)N(CCc2ccc(Cl)cc2Cl)CC(N)=O)C1=O. The van der Waals surface area contributed by atoms with Crippen molar-refractivity contribution in [2.24, 2.45) is 5.73 Å². The number of benzene rings is 2. The van der Waals surface area contributed by atoms with Crippen LogP contribution in [-0.2, 0) is 32.0 Å². The summed E-state index contributed by atoms with van der Waals surface area (Å²) in [5.74, 6) is -1.70. The van der Waals surface area contributed by atoms with Gasteiger partial charge < -0.3 is 25.3 Å². The van der Waals surface area contributed by atoms with Gasteiger partial charge in [0.1, 0.15) is 6.04 Å². The second-order valence-corrected chi connectivity index (χ2v) is 13.1. The lowest BCUT2D eigenvalue weighted by Crippen LogP contribution is -2.61. The van der Waals surface area contributed by atoms with Crippen LogP contribution in [0.5, 0.6) is 0 Å². The van der Waals surface area contributed by atoms with Gasteiger partial charge in [-0.2, -0.15) is 0 Å². The van der Waals surface area contributed by atoms with Gasteiger partial charge in [-0.15, -0.1) is 0 Å². The van der Waals surface area contributed by atoms with Crippen molar-refractivity contribution in [3.05, 3.63) is 67.6 Å². The highest BCUT2D eigenvalue weighted by molar-refractivity contribution is 6.35. The molecule has 2 aromatic carbocycles. The molecule has 2 heterocycles. The van der Waals surface area contributed by atoms with E-state index in [4.69, 9.17) is 52.1 Å². The maximum absolute atomic E-state index is 13.9. The Labute approximate surface area is 278 Å². The summed E-state index contributed by atoms with van der Waals surface area (Å²) in [6.45, 7) is 1.34. The maximum atomic E-state index is 13.9. The van der Waals surface area contributed by atoms with Gasteiger partial charge >= 0.3 is 0 Å². The molecule has 0 aromatic heterocycles. The number of amides is 4. The Hall–Kier alpha value is -2.56. The summed E-state index contributed by atoms with van der Waals surface area (Å²) < 4.78 is 0. The Morgan fingerprint density at radius 2 is 1.59 bits per heavy atom. The Morgan fingerprint density at radius 3 is 2.16 bits per heavy atom. The second kappa shape index (κ2) is 15.6. The van der Waals surface area contributed by atoms with Gasteiger partial charge in [0, 0.05) is 45.8 Å². The number of piperazine rings is 1. The van der Waals surface area contributed by atoms with Crippen LogP contribution in [-0.4, -0.2) is 102 Å². The first kappa shape index (κ1) is 34.3. The maximum Gasteiger partial charge on any atom is 0.246 e. The molecule has 2 aliphatic heterocycles. The fourth-order valence-electron chi connectivity index (χ4n) is 5.89. The minimum absolute atomic E-state index is 0.0611. The van der Waals surface area contributed by atoms with Crippen LogP contribution in [0.2, 0.25) is 20.1 Å². The number of carbonyl (C=O) groups excluding carboxylic acids is 4. The van der Waals surface area contributed by atoms with Gasteiger partial charge in [-0.05, 0) is 81.1 Å². The van der Waals surface area contributed by atoms with Crippen molar-refractivity contribution in [1.29, 1.82) is 0 Å². The van der Waals surface area contributed by atoms with E-state index in [1.165, 1.54) is 9.80 Å². The molecule has 13 heteroatoms. The fraction of sp³-hybridized carbons (Fsp3) is 0.484. The molecular weight excluding hydrogens is 648 g/mol. The lowest BCUT2D eigenvalue weighted by molar-refractivity contribution is -0.158. The summed E-state index contributed by atoms with van der Waals surface area (Å²) in [6, 6.07) is 9.47. The van der Waals surface area contributed by atoms with Gasteiger partial charge in [-0.1, -0.05) is 58.5 Å². The molecule has 4 amide bonds. The first-order valence-corrected chi connectivity index (χ1v) is 16.2. The average Bonchev–Trinajstić information content (AvgIpc) is 3.37. The van der Waals surface area contributed by atoms with Crippen LogP contribution in [0.1, 0.15) is 36.8 Å². The number of nitrogens with zero attached hydrogens (tertiary/aromatic N) is 4. The van der Waals surface area contributed by atoms with E-state index in [0.717, 1.165) is 36.9 Å². The molecule has 0 aliphatic carbocycles. The number of nitrogens with two attached hydrogens (primary N) is 1. The Morgan fingerprint density at radius 1 is 0.955 bits per heavy atom. The molecular formula is C31H37Cl4N5O4. The normalized spacial score (nSPS) is 19.1. The van der Waals surface area contributed by atoms with Crippen LogP contribution >= 0.6 is 46.4 Å². The third-order valence-electron chi connectivity index (χ3n) is 8.39. The number of hydrogen-bond acceptors (Lipinski definition) is 5. The van der Waals surface area contributed by atoms with Gasteiger partial charge in [0.15, 0.2) is 0 Å². The summed E-state index contributed by atoms with van der Waals surface area (Å²) in [5, 5.41) is 1.86. The smallest absolute Gasteiger partial charge is 0.246 e. The Kier molecular flexibility index (Phi) is 12.2. The number of hydrogen-bond donors (Lipinski definition) is 1. The van der Waals surface area contributed by atoms with Crippen LogP contribution in [0.15, 0.2) is 36.4 Å². The van der Waals surface area contributed by atoms with E-state index >= 15 is 0 Å².